The van der Waals surface area contributed by atoms with Crippen LogP contribution in [-0.2, 0) is 0 Å². The van der Waals surface area contributed by atoms with Crippen LogP contribution < -0.4 is 5.43 Å². The van der Waals surface area contributed by atoms with E-state index in [2.05, 4.69) is 112 Å². The second-order valence-corrected chi connectivity index (χ2v) is 11.5. The van der Waals surface area contributed by atoms with E-state index in [0.717, 1.165) is 44.6 Å². The van der Waals surface area contributed by atoms with Gasteiger partial charge in [-0.1, -0.05) is 66.7 Å². The molecule has 0 bridgehead atoms. The highest BCUT2D eigenvalue weighted by atomic mass is 16.3. The lowest BCUT2D eigenvalue weighted by Crippen LogP contribution is -2.04. The number of aromatic nitrogens is 2. The van der Waals surface area contributed by atoms with E-state index in [1.165, 1.54) is 21.5 Å². The number of aryl methyl sites for hydroxylation is 2. The first-order chi connectivity index (χ1) is 21.1. The van der Waals surface area contributed by atoms with Gasteiger partial charge in [0.15, 0.2) is 0 Å². The van der Waals surface area contributed by atoms with Crippen molar-refractivity contribution >= 4 is 65.6 Å². The van der Waals surface area contributed by atoms with Crippen molar-refractivity contribution in [1.29, 1.82) is 0 Å². The van der Waals surface area contributed by atoms with Crippen molar-refractivity contribution in [3.63, 3.8) is 0 Å². The molecule has 0 saturated heterocycles. The van der Waals surface area contributed by atoms with E-state index in [-0.39, 0.29) is 5.43 Å². The average Bonchev–Trinajstić information content (AvgIpc) is 3.55. The summed E-state index contributed by atoms with van der Waals surface area (Å²) in [6, 6.07) is 42.2. The van der Waals surface area contributed by atoms with E-state index in [1.807, 2.05) is 32.0 Å². The third-order valence-corrected chi connectivity index (χ3v) is 8.83. The SMILES string of the molecule is Cc1cc(C)c2oc3cc(-n4c5ccccc5c5ccc6c(c7ccccc7n6-c6ccccc6)c54)ccc3c(=O)c2c1. The minimum absolute atomic E-state index is 0.00476. The van der Waals surface area contributed by atoms with Gasteiger partial charge in [0.05, 0.1) is 32.8 Å². The molecule has 0 atom stereocenters. The lowest BCUT2D eigenvalue weighted by atomic mass is 10.1. The zero-order chi connectivity index (χ0) is 28.8. The Labute approximate surface area is 246 Å². The van der Waals surface area contributed by atoms with Gasteiger partial charge in [0.1, 0.15) is 11.2 Å². The van der Waals surface area contributed by atoms with Gasteiger partial charge < -0.3 is 13.6 Å². The van der Waals surface area contributed by atoms with Crippen LogP contribution in [0.15, 0.2) is 131 Å². The summed E-state index contributed by atoms with van der Waals surface area (Å²) in [6.07, 6.45) is 0. The van der Waals surface area contributed by atoms with E-state index in [4.69, 9.17) is 4.42 Å². The van der Waals surface area contributed by atoms with Crippen molar-refractivity contribution in [3.05, 3.63) is 143 Å². The summed E-state index contributed by atoms with van der Waals surface area (Å²) < 4.78 is 11.2. The standard InChI is InChI=1S/C39H26N2O2/c1-23-20-24(2)39-31(21-23)38(42)30-17-16-26(22-35(30)43-39)41-32-14-8-6-12-27(32)28-18-19-34-36(37(28)41)29-13-7-9-15-33(29)40(34)25-10-4-3-5-11-25/h3-22H,1-2H3. The Hall–Kier alpha value is -5.61. The molecule has 4 nitrogen and oxygen atoms in total. The molecule has 0 saturated carbocycles. The number of nitrogens with zero attached hydrogens (tertiary/aromatic N) is 2. The van der Waals surface area contributed by atoms with Gasteiger partial charge >= 0.3 is 0 Å². The van der Waals surface area contributed by atoms with E-state index in [9.17, 15) is 4.79 Å². The first-order valence-corrected chi connectivity index (χ1v) is 14.6. The van der Waals surface area contributed by atoms with Crippen LogP contribution in [0.3, 0.4) is 0 Å². The molecule has 0 aliphatic carbocycles. The molecule has 0 amide bonds. The summed E-state index contributed by atoms with van der Waals surface area (Å²) in [5.41, 5.74) is 9.89. The Morgan fingerprint density at radius 3 is 2.05 bits per heavy atom. The second kappa shape index (κ2) is 8.70. The third kappa shape index (κ3) is 3.29. The zero-order valence-corrected chi connectivity index (χ0v) is 23.8. The maximum atomic E-state index is 13.6. The topological polar surface area (TPSA) is 40.1 Å². The molecule has 6 aromatic carbocycles. The fourth-order valence-electron chi connectivity index (χ4n) is 7.07. The van der Waals surface area contributed by atoms with Gasteiger partial charge in [-0.15, -0.1) is 0 Å². The normalized spacial score (nSPS) is 12.0. The van der Waals surface area contributed by atoms with Gasteiger partial charge in [0.25, 0.3) is 0 Å². The van der Waals surface area contributed by atoms with Gasteiger partial charge in [-0.05, 0) is 73.5 Å². The summed E-state index contributed by atoms with van der Waals surface area (Å²) in [5.74, 6) is 0. The molecule has 204 valence electrons. The predicted octanol–water partition coefficient (Wildman–Crippen LogP) is 9.76. The van der Waals surface area contributed by atoms with Crippen molar-refractivity contribution in [2.45, 2.75) is 13.8 Å². The van der Waals surface area contributed by atoms with Crippen molar-refractivity contribution in [2.75, 3.05) is 0 Å². The Morgan fingerprint density at radius 1 is 0.535 bits per heavy atom. The fraction of sp³-hybridized carbons (Fsp3) is 0.0513. The van der Waals surface area contributed by atoms with E-state index >= 15 is 0 Å². The molecule has 0 fully saturated rings. The van der Waals surface area contributed by atoms with E-state index < -0.39 is 0 Å². The Morgan fingerprint density at radius 2 is 1.23 bits per heavy atom. The smallest absolute Gasteiger partial charge is 0.200 e. The Bertz CT molecular complexity index is 2650. The molecular formula is C39H26N2O2. The Balaban J connectivity index is 1.45. The van der Waals surface area contributed by atoms with Crippen LogP contribution in [0.2, 0.25) is 0 Å². The highest BCUT2D eigenvalue weighted by Gasteiger charge is 2.21. The molecular weight excluding hydrogens is 528 g/mol. The molecule has 3 aromatic heterocycles. The lowest BCUT2D eigenvalue weighted by molar-refractivity contribution is 0.656. The largest absolute Gasteiger partial charge is 0.455 e. The summed E-state index contributed by atoms with van der Waals surface area (Å²) in [6.45, 7) is 4.01. The lowest BCUT2D eigenvalue weighted by Gasteiger charge is -2.11. The van der Waals surface area contributed by atoms with Gasteiger partial charge in [0, 0.05) is 39.0 Å². The monoisotopic (exact) mass is 554 g/mol. The van der Waals surface area contributed by atoms with Crippen LogP contribution in [0.1, 0.15) is 11.1 Å². The van der Waals surface area contributed by atoms with Crippen LogP contribution in [0.4, 0.5) is 0 Å². The Kier molecular flexibility index (Phi) is 4.86. The molecule has 0 radical (unpaired) electrons. The molecule has 4 heteroatoms. The molecule has 0 unspecified atom stereocenters. The quantitative estimate of drug-likeness (QED) is 0.200. The highest BCUT2D eigenvalue weighted by molar-refractivity contribution is 6.26. The number of hydrogen-bond acceptors (Lipinski definition) is 2. The van der Waals surface area contributed by atoms with Crippen molar-refractivity contribution in [3.8, 4) is 11.4 Å². The molecule has 43 heavy (non-hydrogen) atoms. The van der Waals surface area contributed by atoms with Crippen molar-refractivity contribution in [2.24, 2.45) is 0 Å². The van der Waals surface area contributed by atoms with Crippen LogP contribution in [-0.4, -0.2) is 9.13 Å². The van der Waals surface area contributed by atoms with Gasteiger partial charge in [-0.2, -0.15) is 0 Å². The minimum Gasteiger partial charge on any atom is -0.455 e. The van der Waals surface area contributed by atoms with Gasteiger partial charge in [0.2, 0.25) is 5.43 Å². The number of rotatable bonds is 2. The number of hydrogen-bond donors (Lipinski definition) is 0. The maximum Gasteiger partial charge on any atom is 0.200 e. The summed E-state index contributed by atoms with van der Waals surface area (Å²) in [5, 5.41) is 5.98. The molecule has 9 rings (SSSR count). The minimum atomic E-state index is 0.00476. The van der Waals surface area contributed by atoms with Crippen molar-refractivity contribution in [1.82, 2.24) is 9.13 Å². The number of benzene rings is 6. The molecule has 9 aromatic rings. The maximum absolute atomic E-state index is 13.6. The van der Waals surface area contributed by atoms with Crippen molar-refractivity contribution < 1.29 is 4.42 Å². The fourth-order valence-corrected chi connectivity index (χ4v) is 7.07. The summed E-state index contributed by atoms with van der Waals surface area (Å²) >= 11 is 0. The molecule has 3 heterocycles. The van der Waals surface area contributed by atoms with Crippen LogP contribution in [0.25, 0.3) is 76.9 Å². The van der Waals surface area contributed by atoms with Crippen LogP contribution in [0.5, 0.6) is 0 Å². The zero-order valence-electron chi connectivity index (χ0n) is 23.8. The molecule has 0 aliphatic rings. The summed E-state index contributed by atoms with van der Waals surface area (Å²) in [4.78, 5) is 13.6. The predicted molar refractivity (Wildman–Crippen MR) is 178 cm³/mol. The first-order valence-electron chi connectivity index (χ1n) is 14.6. The van der Waals surface area contributed by atoms with Crippen LogP contribution in [0, 0.1) is 13.8 Å². The van der Waals surface area contributed by atoms with E-state index in [1.54, 1.807) is 0 Å². The van der Waals surface area contributed by atoms with Gasteiger partial charge in [-0.25, -0.2) is 0 Å². The summed E-state index contributed by atoms with van der Waals surface area (Å²) in [7, 11) is 0. The number of fused-ring (bicyclic) bond motifs is 9. The second-order valence-electron chi connectivity index (χ2n) is 11.5. The third-order valence-electron chi connectivity index (χ3n) is 8.83. The average molecular weight is 555 g/mol. The molecule has 0 spiro atoms. The van der Waals surface area contributed by atoms with E-state index in [0.29, 0.717) is 21.9 Å². The number of para-hydroxylation sites is 3. The molecule has 0 aliphatic heterocycles. The highest BCUT2D eigenvalue weighted by Crippen LogP contribution is 2.42. The first kappa shape index (κ1) is 24.0. The van der Waals surface area contributed by atoms with Gasteiger partial charge in [-0.3, -0.25) is 4.79 Å². The molecule has 0 N–H and O–H groups in total. The van der Waals surface area contributed by atoms with Crippen LogP contribution >= 0.6 is 0 Å².